The minimum absolute atomic E-state index is 0.205. The van der Waals surface area contributed by atoms with E-state index < -0.39 is 0 Å². The Kier molecular flexibility index (Phi) is 4.06. The van der Waals surface area contributed by atoms with Crippen LogP contribution in [0.3, 0.4) is 0 Å². The minimum atomic E-state index is -0.205. The van der Waals surface area contributed by atoms with Gasteiger partial charge in [0.25, 0.3) is 0 Å². The third kappa shape index (κ3) is 3.66. The van der Waals surface area contributed by atoms with E-state index in [1.165, 1.54) is 0 Å². The molecular formula is C11H20N4O. The standard InChI is InChI=1S/C11H20N4O/c1-11(2,16-5)8-13-9-6-7-12-10(14-9)15(3)4/h6-7H,8H2,1-5H3,(H,12,13,14). The van der Waals surface area contributed by atoms with Crippen LogP contribution in [0.5, 0.6) is 0 Å². The number of ether oxygens (including phenoxy) is 1. The molecule has 0 amide bonds. The summed E-state index contributed by atoms with van der Waals surface area (Å²) in [4.78, 5) is 10.4. The summed E-state index contributed by atoms with van der Waals surface area (Å²) in [7, 11) is 5.53. The maximum Gasteiger partial charge on any atom is 0.226 e. The number of hydrogen-bond acceptors (Lipinski definition) is 5. The molecule has 5 heteroatoms. The molecule has 0 saturated carbocycles. The van der Waals surface area contributed by atoms with Crippen molar-refractivity contribution in [2.75, 3.05) is 38.0 Å². The molecule has 5 nitrogen and oxygen atoms in total. The van der Waals surface area contributed by atoms with Crippen LogP contribution in [0.1, 0.15) is 13.8 Å². The van der Waals surface area contributed by atoms with Gasteiger partial charge in [-0.1, -0.05) is 0 Å². The number of rotatable bonds is 5. The molecule has 0 radical (unpaired) electrons. The molecule has 1 heterocycles. The van der Waals surface area contributed by atoms with Crippen molar-refractivity contribution < 1.29 is 4.74 Å². The van der Waals surface area contributed by atoms with Crippen molar-refractivity contribution in [1.29, 1.82) is 0 Å². The Bertz CT molecular complexity index is 339. The molecule has 0 spiro atoms. The average molecular weight is 224 g/mol. The van der Waals surface area contributed by atoms with Crippen LogP contribution in [0.25, 0.3) is 0 Å². The monoisotopic (exact) mass is 224 g/mol. The molecule has 0 aromatic carbocycles. The topological polar surface area (TPSA) is 50.3 Å². The lowest BCUT2D eigenvalue weighted by molar-refractivity contribution is 0.0343. The SMILES string of the molecule is COC(C)(C)CNc1ccnc(N(C)C)n1. The fraction of sp³-hybridized carbons (Fsp3) is 0.636. The second kappa shape index (κ2) is 5.12. The van der Waals surface area contributed by atoms with E-state index >= 15 is 0 Å². The van der Waals surface area contributed by atoms with Gasteiger partial charge < -0.3 is 15.0 Å². The van der Waals surface area contributed by atoms with E-state index in [1.54, 1.807) is 13.3 Å². The summed E-state index contributed by atoms with van der Waals surface area (Å²) < 4.78 is 5.32. The van der Waals surface area contributed by atoms with E-state index in [-0.39, 0.29) is 5.60 Å². The molecule has 0 bridgehead atoms. The highest BCUT2D eigenvalue weighted by Gasteiger charge is 2.15. The number of aromatic nitrogens is 2. The van der Waals surface area contributed by atoms with E-state index in [0.717, 1.165) is 5.82 Å². The fourth-order valence-corrected chi connectivity index (χ4v) is 1.04. The van der Waals surface area contributed by atoms with E-state index in [1.807, 2.05) is 38.9 Å². The van der Waals surface area contributed by atoms with Gasteiger partial charge in [0.2, 0.25) is 5.95 Å². The minimum Gasteiger partial charge on any atom is -0.377 e. The van der Waals surface area contributed by atoms with Crippen molar-refractivity contribution in [1.82, 2.24) is 9.97 Å². The van der Waals surface area contributed by atoms with Crippen LogP contribution in [-0.4, -0.2) is 43.3 Å². The quantitative estimate of drug-likeness (QED) is 0.819. The van der Waals surface area contributed by atoms with Gasteiger partial charge >= 0.3 is 0 Å². The number of anilines is 2. The van der Waals surface area contributed by atoms with Crippen LogP contribution >= 0.6 is 0 Å². The molecule has 1 aromatic rings. The molecule has 0 aliphatic carbocycles. The predicted octanol–water partition coefficient (Wildman–Crippen LogP) is 1.38. The van der Waals surface area contributed by atoms with Crippen LogP contribution in [0, 0.1) is 0 Å². The maximum absolute atomic E-state index is 5.32. The summed E-state index contributed by atoms with van der Waals surface area (Å²) >= 11 is 0. The normalized spacial score (nSPS) is 11.3. The average Bonchev–Trinajstić information content (AvgIpc) is 2.27. The van der Waals surface area contributed by atoms with Gasteiger partial charge in [0.1, 0.15) is 5.82 Å². The van der Waals surface area contributed by atoms with Crippen LogP contribution in [0.2, 0.25) is 0 Å². The van der Waals surface area contributed by atoms with E-state index in [0.29, 0.717) is 12.5 Å². The van der Waals surface area contributed by atoms with Gasteiger partial charge in [-0.3, -0.25) is 0 Å². The highest BCUT2D eigenvalue weighted by Crippen LogP contribution is 2.11. The highest BCUT2D eigenvalue weighted by atomic mass is 16.5. The largest absolute Gasteiger partial charge is 0.377 e. The zero-order chi connectivity index (χ0) is 12.2. The van der Waals surface area contributed by atoms with Gasteiger partial charge in [-0.15, -0.1) is 0 Å². The summed E-state index contributed by atoms with van der Waals surface area (Å²) in [6.07, 6.45) is 1.74. The smallest absolute Gasteiger partial charge is 0.226 e. The molecule has 0 atom stereocenters. The molecule has 0 fully saturated rings. The first-order chi connectivity index (χ1) is 7.44. The Morgan fingerprint density at radius 2 is 2.12 bits per heavy atom. The molecule has 0 unspecified atom stereocenters. The van der Waals surface area contributed by atoms with Gasteiger partial charge in [0.05, 0.1) is 5.60 Å². The summed E-state index contributed by atoms with van der Waals surface area (Å²) in [6, 6.07) is 1.85. The third-order valence-corrected chi connectivity index (χ3v) is 2.29. The van der Waals surface area contributed by atoms with Gasteiger partial charge in [-0.05, 0) is 19.9 Å². The summed E-state index contributed by atoms with van der Waals surface area (Å²) in [5, 5.41) is 3.23. The summed E-state index contributed by atoms with van der Waals surface area (Å²) in [6.45, 7) is 4.75. The van der Waals surface area contributed by atoms with Crippen molar-refractivity contribution in [2.45, 2.75) is 19.4 Å². The van der Waals surface area contributed by atoms with Crippen LogP contribution in [0.15, 0.2) is 12.3 Å². The zero-order valence-electron chi connectivity index (χ0n) is 10.6. The highest BCUT2D eigenvalue weighted by molar-refractivity contribution is 5.40. The molecule has 0 aliphatic rings. The fourth-order valence-electron chi connectivity index (χ4n) is 1.04. The molecular weight excluding hydrogens is 204 g/mol. The van der Waals surface area contributed by atoms with Crippen LogP contribution in [0.4, 0.5) is 11.8 Å². The molecule has 1 rings (SSSR count). The Hall–Kier alpha value is -1.36. The van der Waals surface area contributed by atoms with Gasteiger partial charge in [-0.2, -0.15) is 4.98 Å². The number of nitrogens with one attached hydrogen (secondary N) is 1. The van der Waals surface area contributed by atoms with Gasteiger partial charge in [0.15, 0.2) is 0 Å². The third-order valence-electron chi connectivity index (χ3n) is 2.29. The predicted molar refractivity (Wildman–Crippen MR) is 65.9 cm³/mol. The first kappa shape index (κ1) is 12.7. The van der Waals surface area contributed by atoms with E-state index in [4.69, 9.17) is 4.74 Å². The second-order valence-corrected chi connectivity index (χ2v) is 4.45. The number of methoxy groups -OCH3 is 1. The Morgan fingerprint density at radius 3 is 2.69 bits per heavy atom. The lowest BCUT2D eigenvalue weighted by Gasteiger charge is -2.23. The maximum atomic E-state index is 5.32. The Balaban J connectivity index is 2.64. The molecule has 1 N–H and O–H groups in total. The van der Waals surface area contributed by atoms with Crippen molar-refractivity contribution in [3.05, 3.63) is 12.3 Å². The van der Waals surface area contributed by atoms with Crippen LogP contribution < -0.4 is 10.2 Å². The van der Waals surface area contributed by atoms with Crippen LogP contribution in [-0.2, 0) is 4.74 Å². The Labute approximate surface area is 96.8 Å². The lowest BCUT2D eigenvalue weighted by atomic mass is 10.1. The van der Waals surface area contributed by atoms with E-state index in [2.05, 4.69) is 15.3 Å². The molecule has 16 heavy (non-hydrogen) atoms. The van der Waals surface area contributed by atoms with Crippen molar-refractivity contribution in [3.8, 4) is 0 Å². The first-order valence-electron chi connectivity index (χ1n) is 5.24. The summed E-state index contributed by atoms with van der Waals surface area (Å²) in [5.41, 5.74) is -0.205. The van der Waals surface area contributed by atoms with Gasteiger partial charge in [-0.25, -0.2) is 4.98 Å². The first-order valence-corrected chi connectivity index (χ1v) is 5.24. The second-order valence-electron chi connectivity index (χ2n) is 4.45. The lowest BCUT2D eigenvalue weighted by Crippen LogP contribution is -2.32. The van der Waals surface area contributed by atoms with Crippen molar-refractivity contribution in [3.63, 3.8) is 0 Å². The summed E-state index contributed by atoms with van der Waals surface area (Å²) in [5.74, 6) is 1.50. The number of nitrogens with zero attached hydrogens (tertiary/aromatic N) is 3. The number of hydrogen-bond donors (Lipinski definition) is 1. The molecule has 1 aromatic heterocycles. The molecule has 0 saturated heterocycles. The van der Waals surface area contributed by atoms with E-state index in [9.17, 15) is 0 Å². The van der Waals surface area contributed by atoms with Crippen molar-refractivity contribution >= 4 is 11.8 Å². The van der Waals surface area contributed by atoms with Gasteiger partial charge in [0, 0.05) is 33.9 Å². The van der Waals surface area contributed by atoms with Crippen molar-refractivity contribution in [2.24, 2.45) is 0 Å². The zero-order valence-corrected chi connectivity index (χ0v) is 10.6. The Morgan fingerprint density at radius 1 is 1.44 bits per heavy atom. The molecule has 0 aliphatic heterocycles. The molecule has 90 valence electrons.